The predicted octanol–water partition coefficient (Wildman–Crippen LogP) is 4.38. The van der Waals surface area contributed by atoms with Crippen LogP contribution in [-0.4, -0.2) is 43.0 Å². The van der Waals surface area contributed by atoms with Crippen LogP contribution < -0.4 is 10.6 Å². The van der Waals surface area contributed by atoms with E-state index >= 15 is 0 Å². The first-order chi connectivity index (χ1) is 12.9. The summed E-state index contributed by atoms with van der Waals surface area (Å²) in [6, 6.07) is 6.77. The summed E-state index contributed by atoms with van der Waals surface area (Å²) in [5, 5.41) is 9.79. The smallest absolute Gasteiger partial charge is 0.191 e. The number of halogens is 2. The van der Waals surface area contributed by atoms with Crippen LogP contribution in [0.4, 0.5) is 4.39 Å². The highest BCUT2D eigenvalue weighted by Crippen LogP contribution is 2.19. The first-order valence-electron chi connectivity index (χ1n) is 9.29. The molecule has 0 radical (unpaired) electrons. The third-order valence-corrected chi connectivity index (χ3v) is 5.07. The number of guanidine groups is 1. The normalized spacial score (nSPS) is 12.8. The van der Waals surface area contributed by atoms with E-state index in [1.807, 2.05) is 33.2 Å². The first kappa shape index (κ1) is 24.8. The molecular formula is C20H31FIN5S. The van der Waals surface area contributed by atoms with E-state index in [4.69, 9.17) is 0 Å². The summed E-state index contributed by atoms with van der Waals surface area (Å²) >= 11 is 1.65. The number of hydrogen-bond acceptors (Lipinski definition) is 4. The van der Waals surface area contributed by atoms with E-state index in [1.54, 1.807) is 11.3 Å². The highest BCUT2D eigenvalue weighted by Gasteiger charge is 2.15. The van der Waals surface area contributed by atoms with Crippen LogP contribution in [0.3, 0.4) is 0 Å². The number of hydrogen-bond donors (Lipinski definition) is 2. The molecule has 1 unspecified atom stereocenters. The lowest BCUT2D eigenvalue weighted by Crippen LogP contribution is -2.41. The molecule has 0 aliphatic heterocycles. The van der Waals surface area contributed by atoms with E-state index in [0.29, 0.717) is 19.0 Å². The number of nitrogens with one attached hydrogen (secondary N) is 2. The lowest BCUT2D eigenvalue weighted by Gasteiger charge is -2.26. The van der Waals surface area contributed by atoms with E-state index < -0.39 is 0 Å². The molecule has 0 saturated heterocycles. The van der Waals surface area contributed by atoms with Crippen molar-refractivity contribution in [3.63, 3.8) is 0 Å². The average Bonchev–Trinajstić information content (AvgIpc) is 3.10. The second-order valence-electron chi connectivity index (χ2n) is 6.93. The van der Waals surface area contributed by atoms with Gasteiger partial charge in [0, 0.05) is 18.5 Å². The molecule has 2 N–H and O–H groups in total. The van der Waals surface area contributed by atoms with E-state index in [-0.39, 0.29) is 35.8 Å². The molecule has 1 aromatic carbocycles. The predicted molar refractivity (Wildman–Crippen MR) is 127 cm³/mol. The maximum Gasteiger partial charge on any atom is 0.191 e. The Balaban J connectivity index is 0.00000392. The molecule has 0 saturated carbocycles. The monoisotopic (exact) mass is 519 g/mol. The van der Waals surface area contributed by atoms with Gasteiger partial charge in [0.25, 0.3) is 0 Å². The van der Waals surface area contributed by atoms with Crippen molar-refractivity contribution >= 4 is 41.3 Å². The Labute approximate surface area is 188 Å². The molecule has 2 rings (SSSR count). The number of benzene rings is 1. The molecule has 0 aliphatic carbocycles. The molecular weight excluding hydrogens is 488 g/mol. The van der Waals surface area contributed by atoms with E-state index in [2.05, 4.69) is 44.7 Å². The number of aromatic nitrogens is 1. The number of rotatable bonds is 8. The third-order valence-electron chi connectivity index (χ3n) is 4.22. The average molecular weight is 519 g/mol. The summed E-state index contributed by atoms with van der Waals surface area (Å²) in [6.07, 6.45) is 0. The van der Waals surface area contributed by atoms with Crippen molar-refractivity contribution in [1.29, 1.82) is 0 Å². The Morgan fingerprint density at radius 2 is 1.89 bits per heavy atom. The summed E-state index contributed by atoms with van der Waals surface area (Å²) < 4.78 is 13.2. The Kier molecular flexibility index (Phi) is 10.9. The van der Waals surface area contributed by atoms with Gasteiger partial charge in [-0.15, -0.1) is 35.3 Å². The zero-order valence-electron chi connectivity index (χ0n) is 17.2. The molecule has 1 aromatic heterocycles. The van der Waals surface area contributed by atoms with E-state index in [9.17, 15) is 4.39 Å². The van der Waals surface area contributed by atoms with Crippen molar-refractivity contribution in [1.82, 2.24) is 20.5 Å². The van der Waals surface area contributed by atoms with Crippen molar-refractivity contribution in [3.8, 4) is 0 Å². The topological polar surface area (TPSA) is 52.6 Å². The molecule has 2 aromatic rings. The van der Waals surface area contributed by atoms with Gasteiger partial charge in [-0.3, -0.25) is 0 Å². The summed E-state index contributed by atoms with van der Waals surface area (Å²) in [6.45, 7) is 8.33. The molecule has 8 heteroatoms. The third kappa shape index (κ3) is 7.63. The maximum atomic E-state index is 13.2. The van der Waals surface area contributed by atoms with Crippen molar-refractivity contribution in [3.05, 3.63) is 51.7 Å². The Morgan fingerprint density at radius 1 is 1.21 bits per heavy atom. The fourth-order valence-electron chi connectivity index (χ4n) is 2.63. The van der Waals surface area contributed by atoms with Crippen molar-refractivity contribution in [2.45, 2.75) is 39.3 Å². The summed E-state index contributed by atoms with van der Waals surface area (Å²) in [7, 11) is 4.03. The van der Waals surface area contributed by atoms with Crippen LogP contribution >= 0.6 is 35.3 Å². The fourth-order valence-corrected chi connectivity index (χ4v) is 3.51. The number of aliphatic imine (C=N–C) groups is 1. The van der Waals surface area contributed by atoms with Gasteiger partial charge in [0.05, 0.1) is 18.3 Å². The molecule has 0 fully saturated rings. The Bertz CT molecular complexity index is 730. The fraction of sp³-hybridized carbons (Fsp3) is 0.500. The second-order valence-corrected chi connectivity index (χ2v) is 7.87. The number of thiazole rings is 1. The second kappa shape index (κ2) is 12.3. The molecule has 0 amide bonds. The minimum absolute atomic E-state index is 0. The summed E-state index contributed by atoms with van der Waals surface area (Å²) in [5.41, 5.74) is 2.18. The van der Waals surface area contributed by atoms with Gasteiger partial charge in [-0.2, -0.15) is 0 Å². The minimum Gasteiger partial charge on any atom is -0.357 e. The summed E-state index contributed by atoms with van der Waals surface area (Å²) in [4.78, 5) is 11.4. The summed E-state index contributed by atoms with van der Waals surface area (Å²) in [5.74, 6) is 0.970. The van der Waals surface area contributed by atoms with Gasteiger partial charge < -0.3 is 15.5 Å². The Morgan fingerprint density at radius 3 is 2.43 bits per heavy atom. The highest BCUT2D eigenvalue weighted by molar-refractivity contribution is 14.0. The largest absolute Gasteiger partial charge is 0.357 e. The Hall–Kier alpha value is -1.26. The minimum atomic E-state index is -0.219. The molecule has 28 heavy (non-hydrogen) atoms. The van der Waals surface area contributed by atoms with Crippen LogP contribution in [0.2, 0.25) is 0 Å². The van der Waals surface area contributed by atoms with Crippen LogP contribution in [0.25, 0.3) is 0 Å². The molecule has 0 aliphatic rings. The van der Waals surface area contributed by atoms with E-state index in [0.717, 1.165) is 28.8 Å². The van der Waals surface area contributed by atoms with Gasteiger partial charge in [-0.25, -0.2) is 14.4 Å². The van der Waals surface area contributed by atoms with Crippen molar-refractivity contribution in [2.24, 2.45) is 4.99 Å². The molecule has 1 heterocycles. The van der Waals surface area contributed by atoms with Crippen LogP contribution in [0, 0.1) is 5.82 Å². The van der Waals surface area contributed by atoms with Gasteiger partial charge in [0.15, 0.2) is 5.96 Å². The molecule has 0 spiro atoms. The van der Waals surface area contributed by atoms with Gasteiger partial charge in [-0.05, 0) is 44.6 Å². The van der Waals surface area contributed by atoms with Crippen LogP contribution in [0.1, 0.15) is 49.0 Å². The number of likely N-dealkylation sites (N-methyl/N-ethyl adjacent to an activating group) is 1. The quantitative estimate of drug-likeness (QED) is 0.309. The lowest BCUT2D eigenvalue weighted by molar-refractivity contribution is 0.298. The van der Waals surface area contributed by atoms with Gasteiger partial charge in [-0.1, -0.05) is 26.0 Å². The molecule has 1 atom stereocenters. The van der Waals surface area contributed by atoms with Gasteiger partial charge in [0.2, 0.25) is 0 Å². The SMILES string of the molecule is CCNC(=NCc1nc(C(C)C)cs1)NCC(c1ccc(F)cc1)N(C)C.I. The van der Waals surface area contributed by atoms with Crippen molar-refractivity contribution in [2.75, 3.05) is 27.2 Å². The van der Waals surface area contributed by atoms with Crippen LogP contribution in [0.15, 0.2) is 34.6 Å². The highest BCUT2D eigenvalue weighted by atomic mass is 127. The zero-order valence-corrected chi connectivity index (χ0v) is 20.3. The van der Waals surface area contributed by atoms with Gasteiger partial charge in [0.1, 0.15) is 10.8 Å². The lowest BCUT2D eigenvalue weighted by atomic mass is 10.1. The molecule has 5 nitrogen and oxygen atoms in total. The molecule has 156 valence electrons. The van der Waals surface area contributed by atoms with Crippen molar-refractivity contribution < 1.29 is 4.39 Å². The molecule has 0 bridgehead atoms. The standard InChI is InChI=1S/C20H30FN5S.HI/c1-6-22-20(24-12-19-25-17(13-27-19)14(2)3)23-11-18(26(4)5)15-7-9-16(21)10-8-15;/h7-10,13-14,18H,6,11-12H2,1-5H3,(H2,22,23,24);1H. The van der Waals surface area contributed by atoms with Crippen LogP contribution in [-0.2, 0) is 6.54 Å². The number of nitrogens with zero attached hydrogens (tertiary/aromatic N) is 3. The first-order valence-corrected chi connectivity index (χ1v) is 10.2. The van der Waals surface area contributed by atoms with Gasteiger partial charge >= 0.3 is 0 Å². The van der Waals surface area contributed by atoms with Crippen LogP contribution in [0.5, 0.6) is 0 Å². The maximum absolute atomic E-state index is 13.2. The zero-order chi connectivity index (χ0) is 19.8. The van der Waals surface area contributed by atoms with E-state index in [1.165, 1.54) is 12.1 Å².